The van der Waals surface area contributed by atoms with Gasteiger partial charge in [0, 0.05) is 0 Å². The Morgan fingerprint density at radius 1 is 1.05 bits per heavy atom. The Morgan fingerprint density at radius 3 is 2.26 bits per heavy atom. The molecule has 4 aliphatic rings. The number of hydrogen-bond donors (Lipinski definition) is 1. The zero-order valence-electron chi connectivity index (χ0n) is 12.0. The van der Waals surface area contributed by atoms with Crippen LogP contribution in [-0.4, -0.2) is 6.54 Å². The Hall–Kier alpha value is -0.820. The molecule has 1 aromatic carbocycles. The molecule has 4 saturated carbocycles. The molecule has 19 heavy (non-hydrogen) atoms. The summed E-state index contributed by atoms with van der Waals surface area (Å²) in [5, 5.41) is 0. The zero-order valence-corrected chi connectivity index (χ0v) is 12.0. The molecule has 0 saturated heterocycles. The Labute approximate surface area is 116 Å². The van der Waals surface area contributed by atoms with Crippen molar-refractivity contribution in [2.45, 2.75) is 50.9 Å². The van der Waals surface area contributed by atoms with E-state index in [2.05, 4.69) is 31.2 Å². The maximum Gasteiger partial charge on any atom is -0.00200 e. The lowest BCUT2D eigenvalue weighted by atomic mass is 9.43. The Bertz CT molecular complexity index is 473. The molecular weight excluding hydrogens is 230 g/mol. The van der Waals surface area contributed by atoms with Gasteiger partial charge in [0.25, 0.3) is 0 Å². The molecule has 1 nitrogen and oxygen atoms in total. The normalized spacial score (nSPS) is 43.7. The molecule has 0 spiro atoms. The first-order valence-corrected chi connectivity index (χ1v) is 7.90. The van der Waals surface area contributed by atoms with Crippen molar-refractivity contribution in [2.75, 3.05) is 6.54 Å². The van der Waals surface area contributed by atoms with Gasteiger partial charge in [-0.1, -0.05) is 29.8 Å². The molecule has 0 amide bonds. The summed E-state index contributed by atoms with van der Waals surface area (Å²) in [6.45, 7) is 3.10. The van der Waals surface area contributed by atoms with Gasteiger partial charge in [0.1, 0.15) is 0 Å². The molecule has 2 N–H and O–H groups in total. The minimum atomic E-state index is 0.469. The van der Waals surface area contributed by atoms with E-state index in [9.17, 15) is 0 Å². The summed E-state index contributed by atoms with van der Waals surface area (Å²) in [4.78, 5) is 0. The van der Waals surface area contributed by atoms with Crippen LogP contribution < -0.4 is 5.73 Å². The van der Waals surface area contributed by atoms with E-state index < -0.39 is 0 Å². The van der Waals surface area contributed by atoms with Gasteiger partial charge in [-0.25, -0.2) is 0 Å². The monoisotopic (exact) mass is 255 g/mol. The lowest BCUT2D eigenvalue weighted by Gasteiger charge is -2.62. The second-order valence-electron chi connectivity index (χ2n) is 7.81. The SMILES string of the molecule is Cc1ccc(C23C[C@H]4C[C@@H](CC(CN)(C4)C2)C3)cc1. The van der Waals surface area contributed by atoms with Gasteiger partial charge in [-0.2, -0.15) is 0 Å². The largest absolute Gasteiger partial charge is 0.330 e. The third-order valence-corrected chi connectivity index (χ3v) is 6.28. The molecule has 0 aliphatic heterocycles. The first-order chi connectivity index (χ1) is 9.13. The smallest absolute Gasteiger partial charge is 0.00200 e. The highest BCUT2D eigenvalue weighted by Crippen LogP contribution is 2.65. The predicted molar refractivity (Wildman–Crippen MR) is 79.0 cm³/mol. The summed E-state index contributed by atoms with van der Waals surface area (Å²) < 4.78 is 0. The third-order valence-electron chi connectivity index (χ3n) is 6.28. The van der Waals surface area contributed by atoms with Gasteiger partial charge in [-0.3, -0.25) is 0 Å². The summed E-state index contributed by atoms with van der Waals surface area (Å²) in [5.41, 5.74) is 10.1. The van der Waals surface area contributed by atoms with Crippen molar-refractivity contribution in [1.29, 1.82) is 0 Å². The van der Waals surface area contributed by atoms with Gasteiger partial charge >= 0.3 is 0 Å². The molecule has 0 radical (unpaired) electrons. The molecule has 4 fully saturated rings. The minimum Gasteiger partial charge on any atom is -0.330 e. The van der Waals surface area contributed by atoms with E-state index >= 15 is 0 Å². The number of hydrogen-bond acceptors (Lipinski definition) is 1. The molecule has 0 unspecified atom stereocenters. The van der Waals surface area contributed by atoms with Gasteiger partial charge in [-0.15, -0.1) is 0 Å². The molecule has 4 bridgehead atoms. The van der Waals surface area contributed by atoms with E-state index in [-0.39, 0.29) is 0 Å². The van der Waals surface area contributed by atoms with Crippen LogP contribution in [0.3, 0.4) is 0 Å². The summed E-state index contributed by atoms with van der Waals surface area (Å²) in [6.07, 6.45) is 8.51. The van der Waals surface area contributed by atoms with Crippen LogP contribution in [0, 0.1) is 24.2 Å². The number of aryl methyl sites for hydroxylation is 1. The van der Waals surface area contributed by atoms with Crippen molar-refractivity contribution in [3.05, 3.63) is 35.4 Å². The van der Waals surface area contributed by atoms with E-state index in [1.165, 1.54) is 44.1 Å². The molecule has 1 aromatic rings. The van der Waals surface area contributed by atoms with Gasteiger partial charge in [0.2, 0.25) is 0 Å². The summed E-state index contributed by atoms with van der Waals surface area (Å²) in [6, 6.07) is 9.38. The first-order valence-electron chi connectivity index (χ1n) is 7.90. The lowest BCUT2D eigenvalue weighted by molar-refractivity contribution is -0.0667. The van der Waals surface area contributed by atoms with E-state index in [1.807, 2.05) is 0 Å². The minimum absolute atomic E-state index is 0.469. The fourth-order valence-electron chi connectivity index (χ4n) is 5.94. The van der Waals surface area contributed by atoms with Crippen molar-refractivity contribution in [1.82, 2.24) is 0 Å². The molecule has 0 heterocycles. The van der Waals surface area contributed by atoms with Gasteiger partial charge in [-0.05, 0) is 80.2 Å². The second kappa shape index (κ2) is 3.85. The highest BCUT2D eigenvalue weighted by molar-refractivity contribution is 5.32. The Kier molecular flexibility index (Phi) is 2.42. The van der Waals surface area contributed by atoms with Crippen LogP contribution in [0.4, 0.5) is 0 Å². The zero-order chi connectivity index (χ0) is 13.1. The molecule has 2 atom stereocenters. The molecule has 102 valence electrons. The molecular formula is C18H25N. The van der Waals surface area contributed by atoms with Crippen molar-refractivity contribution < 1.29 is 0 Å². The molecule has 4 aliphatic carbocycles. The highest BCUT2D eigenvalue weighted by Gasteiger charge is 2.57. The maximum absolute atomic E-state index is 6.19. The molecule has 5 rings (SSSR count). The lowest BCUT2D eigenvalue weighted by Crippen LogP contribution is -2.56. The fraction of sp³-hybridized carbons (Fsp3) is 0.667. The van der Waals surface area contributed by atoms with Gasteiger partial charge in [0.05, 0.1) is 0 Å². The average Bonchev–Trinajstić information content (AvgIpc) is 2.38. The molecule has 1 heteroatoms. The second-order valence-corrected chi connectivity index (χ2v) is 7.81. The topological polar surface area (TPSA) is 26.0 Å². The highest BCUT2D eigenvalue weighted by atomic mass is 14.7. The number of nitrogens with two attached hydrogens (primary N) is 1. The summed E-state index contributed by atoms with van der Waals surface area (Å²) >= 11 is 0. The van der Waals surface area contributed by atoms with E-state index in [0.29, 0.717) is 10.8 Å². The van der Waals surface area contributed by atoms with E-state index in [0.717, 1.165) is 18.4 Å². The fourth-order valence-corrected chi connectivity index (χ4v) is 5.94. The van der Waals surface area contributed by atoms with Crippen LogP contribution in [0.1, 0.15) is 49.7 Å². The van der Waals surface area contributed by atoms with Gasteiger partial charge < -0.3 is 5.73 Å². The quantitative estimate of drug-likeness (QED) is 0.855. The van der Waals surface area contributed by atoms with E-state index in [1.54, 1.807) is 5.56 Å². The number of rotatable bonds is 2. The molecule has 0 aromatic heterocycles. The van der Waals surface area contributed by atoms with Crippen LogP contribution in [-0.2, 0) is 5.41 Å². The van der Waals surface area contributed by atoms with E-state index in [4.69, 9.17) is 5.73 Å². The standard InChI is InChI=1S/C18H25N/c1-13-2-4-16(5-3-13)18-9-14-6-15(10-18)8-17(7-14,11-18)12-19/h2-5,14-15H,6-12,19H2,1H3/t14-,15-,17?,18?/m0/s1. The Morgan fingerprint density at radius 2 is 1.68 bits per heavy atom. The summed E-state index contributed by atoms with van der Waals surface area (Å²) in [7, 11) is 0. The number of benzene rings is 1. The average molecular weight is 255 g/mol. The van der Waals surface area contributed by atoms with Crippen molar-refractivity contribution >= 4 is 0 Å². The maximum atomic E-state index is 6.19. The van der Waals surface area contributed by atoms with Crippen LogP contribution in [0.5, 0.6) is 0 Å². The Balaban J connectivity index is 1.76. The van der Waals surface area contributed by atoms with Crippen molar-refractivity contribution in [2.24, 2.45) is 23.0 Å². The predicted octanol–water partition coefficient (Wildman–Crippen LogP) is 3.79. The van der Waals surface area contributed by atoms with Crippen LogP contribution >= 0.6 is 0 Å². The van der Waals surface area contributed by atoms with Crippen molar-refractivity contribution in [3.63, 3.8) is 0 Å². The van der Waals surface area contributed by atoms with Crippen LogP contribution in [0.15, 0.2) is 24.3 Å². The third kappa shape index (κ3) is 1.71. The van der Waals surface area contributed by atoms with Crippen LogP contribution in [0.25, 0.3) is 0 Å². The van der Waals surface area contributed by atoms with Gasteiger partial charge in [0.15, 0.2) is 0 Å². The first kappa shape index (κ1) is 12.0. The summed E-state index contributed by atoms with van der Waals surface area (Å²) in [5.74, 6) is 1.90. The van der Waals surface area contributed by atoms with Crippen molar-refractivity contribution in [3.8, 4) is 0 Å². The van der Waals surface area contributed by atoms with Crippen LogP contribution in [0.2, 0.25) is 0 Å².